The second kappa shape index (κ2) is 7.51. The van der Waals surface area contributed by atoms with Crippen molar-refractivity contribution in [3.8, 4) is 5.75 Å². The highest BCUT2D eigenvalue weighted by molar-refractivity contribution is 5.29. The van der Waals surface area contributed by atoms with Crippen LogP contribution in [-0.2, 0) is 0 Å². The zero-order valence-electron chi connectivity index (χ0n) is 11.8. The molecular weight excluding hydrogens is 238 g/mol. The van der Waals surface area contributed by atoms with E-state index in [0.29, 0.717) is 12.6 Å². The van der Waals surface area contributed by atoms with Crippen molar-refractivity contribution in [2.75, 3.05) is 26.8 Å². The molecule has 0 aliphatic carbocycles. The van der Waals surface area contributed by atoms with E-state index in [9.17, 15) is 0 Å². The van der Waals surface area contributed by atoms with Gasteiger partial charge in [-0.25, -0.2) is 0 Å². The van der Waals surface area contributed by atoms with Gasteiger partial charge in [0.2, 0.25) is 0 Å². The van der Waals surface area contributed by atoms with Crippen molar-refractivity contribution in [2.24, 2.45) is 0 Å². The minimum atomic E-state index is 0.321. The summed E-state index contributed by atoms with van der Waals surface area (Å²) in [5, 5.41) is 8.81. The Morgan fingerprint density at radius 3 is 2.68 bits per heavy atom. The molecule has 1 atom stereocenters. The van der Waals surface area contributed by atoms with Gasteiger partial charge in [0, 0.05) is 12.6 Å². The van der Waals surface area contributed by atoms with Crippen LogP contribution in [0.3, 0.4) is 0 Å². The van der Waals surface area contributed by atoms with Crippen molar-refractivity contribution in [1.82, 2.24) is 4.90 Å². The first kappa shape index (κ1) is 14.4. The Morgan fingerprint density at radius 2 is 2.00 bits per heavy atom. The zero-order chi connectivity index (χ0) is 13.5. The molecule has 0 spiro atoms. The van der Waals surface area contributed by atoms with Crippen molar-refractivity contribution < 1.29 is 9.84 Å². The molecule has 0 bridgehead atoms. The predicted octanol–water partition coefficient (Wildman–Crippen LogP) is 2.99. The number of benzene rings is 1. The smallest absolute Gasteiger partial charge is 0.118 e. The van der Waals surface area contributed by atoms with Crippen LogP contribution >= 0.6 is 0 Å². The van der Waals surface area contributed by atoms with E-state index in [1.165, 1.54) is 31.4 Å². The molecule has 1 saturated heterocycles. The normalized spacial score (nSPS) is 19.8. The van der Waals surface area contributed by atoms with Crippen molar-refractivity contribution in [3.63, 3.8) is 0 Å². The van der Waals surface area contributed by atoms with Crippen LogP contribution in [0.5, 0.6) is 5.75 Å². The van der Waals surface area contributed by atoms with Crippen LogP contribution in [0.1, 0.15) is 43.7 Å². The third kappa shape index (κ3) is 3.95. The number of methoxy groups -OCH3 is 1. The highest BCUT2D eigenvalue weighted by Crippen LogP contribution is 2.32. The lowest BCUT2D eigenvalue weighted by molar-refractivity contribution is 0.241. The highest BCUT2D eigenvalue weighted by Gasteiger charge is 2.25. The lowest BCUT2D eigenvalue weighted by Crippen LogP contribution is -2.24. The van der Waals surface area contributed by atoms with Gasteiger partial charge < -0.3 is 9.84 Å². The number of unbranched alkanes of at least 4 members (excludes halogenated alkanes) is 2. The second-order valence-corrected chi connectivity index (χ2v) is 5.25. The second-order valence-electron chi connectivity index (χ2n) is 5.25. The Morgan fingerprint density at radius 1 is 1.21 bits per heavy atom. The Bertz CT molecular complexity index is 364. The average molecular weight is 263 g/mol. The van der Waals surface area contributed by atoms with Crippen LogP contribution in [0.4, 0.5) is 0 Å². The van der Waals surface area contributed by atoms with E-state index < -0.39 is 0 Å². The summed E-state index contributed by atoms with van der Waals surface area (Å²) in [5.41, 5.74) is 1.40. The molecule has 0 saturated carbocycles. The van der Waals surface area contributed by atoms with Gasteiger partial charge in [0.25, 0.3) is 0 Å². The SMILES string of the molecule is COc1ccc(C2CCCN2CCCCCO)cc1. The van der Waals surface area contributed by atoms with Gasteiger partial charge in [0.15, 0.2) is 0 Å². The van der Waals surface area contributed by atoms with E-state index >= 15 is 0 Å². The summed E-state index contributed by atoms with van der Waals surface area (Å²) < 4.78 is 5.21. The fourth-order valence-corrected chi connectivity index (χ4v) is 2.90. The van der Waals surface area contributed by atoms with E-state index in [4.69, 9.17) is 9.84 Å². The number of ether oxygens (including phenoxy) is 1. The van der Waals surface area contributed by atoms with Gasteiger partial charge in [-0.15, -0.1) is 0 Å². The van der Waals surface area contributed by atoms with Crippen LogP contribution in [-0.4, -0.2) is 36.8 Å². The number of hydrogen-bond acceptors (Lipinski definition) is 3. The minimum Gasteiger partial charge on any atom is -0.497 e. The molecule has 1 aliphatic rings. The fraction of sp³-hybridized carbons (Fsp3) is 0.625. The van der Waals surface area contributed by atoms with Crippen molar-refractivity contribution in [1.29, 1.82) is 0 Å². The third-order valence-electron chi connectivity index (χ3n) is 3.97. The topological polar surface area (TPSA) is 32.7 Å². The van der Waals surface area contributed by atoms with Crippen molar-refractivity contribution in [3.05, 3.63) is 29.8 Å². The number of hydrogen-bond donors (Lipinski definition) is 1. The quantitative estimate of drug-likeness (QED) is 0.768. The molecule has 3 nitrogen and oxygen atoms in total. The van der Waals surface area contributed by atoms with Crippen LogP contribution in [0.15, 0.2) is 24.3 Å². The summed E-state index contributed by atoms with van der Waals surface area (Å²) in [6, 6.07) is 9.06. The Hall–Kier alpha value is -1.06. The average Bonchev–Trinajstić information content (AvgIpc) is 2.92. The minimum absolute atomic E-state index is 0.321. The largest absolute Gasteiger partial charge is 0.497 e. The monoisotopic (exact) mass is 263 g/mol. The number of aliphatic hydroxyl groups excluding tert-OH is 1. The van der Waals surface area contributed by atoms with E-state index in [-0.39, 0.29) is 0 Å². The van der Waals surface area contributed by atoms with E-state index in [2.05, 4.69) is 29.2 Å². The van der Waals surface area contributed by atoms with Crippen LogP contribution in [0.25, 0.3) is 0 Å². The van der Waals surface area contributed by atoms with Gasteiger partial charge in [-0.1, -0.05) is 12.1 Å². The third-order valence-corrected chi connectivity index (χ3v) is 3.97. The summed E-state index contributed by atoms with van der Waals surface area (Å²) in [6.45, 7) is 2.68. The summed E-state index contributed by atoms with van der Waals surface area (Å²) in [6.07, 6.45) is 5.79. The highest BCUT2D eigenvalue weighted by atomic mass is 16.5. The molecular formula is C16H25NO2. The standard InChI is InChI=1S/C16H25NO2/c1-19-15-9-7-14(8-10-15)16-6-5-12-17(16)11-3-2-4-13-18/h7-10,16,18H,2-6,11-13H2,1H3. The summed E-state index contributed by atoms with van der Waals surface area (Å²) in [7, 11) is 1.71. The van der Waals surface area contributed by atoms with Gasteiger partial charge in [-0.05, 0) is 62.9 Å². The van der Waals surface area contributed by atoms with Crippen LogP contribution < -0.4 is 4.74 Å². The fourth-order valence-electron chi connectivity index (χ4n) is 2.90. The van der Waals surface area contributed by atoms with Gasteiger partial charge in [-0.3, -0.25) is 4.90 Å². The first-order chi connectivity index (χ1) is 9.35. The molecule has 106 valence electrons. The summed E-state index contributed by atoms with van der Waals surface area (Å²) in [4.78, 5) is 2.58. The number of aliphatic hydroxyl groups is 1. The Kier molecular flexibility index (Phi) is 5.67. The van der Waals surface area contributed by atoms with Crippen molar-refractivity contribution >= 4 is 0 Å². The molecule has 1 aromatic rings. The summed E-state index contributed by atoms with van der Waals surface area (Å²) in [5.74, 6) is 0.927. The lowest BCUT2D eigenvalue weighted by Gasteiger charge is -2.25. The molecule has 0 amide bonds. The first-order valence-electron chi connectivity index (χ1n) is 7.34. The van der Waals surface area contributed by atoms with Gasteiger partial charge >= 0.3 is 0 Å². The Labute approximate surface area is 116 Å². The molecule has 1 heterocycles. The van der Waals surface area contributed by atoms with Gasteiger partial charge in [0.05, 0.1) is 7.11 Å². The van der Waals surface area contributed by atoms with Gasteiger partial charge in [0.1, 0.15) is 5.75 Å². The number of rotatable bonds is 7. The van der Waals surface area contributed by atoms with Crippen LogP contribution in [0, 0.1) is 0 Å². The Balaban J connectivity index is 1.89. The molecule has 3 heteroatoms. The molecule has 0 aromatic heterocycles. The first-order valence-corrected chi connectivity index (χ1v) is 7.34. The molecule has 1 aliphatic heterocycles. The molecule has 1 N–H and O–H groups in total. The molecule has 1 fully saturated rings. The number of nitrogens with zero attached hydrogens (tertiary/aromatic N) is 1. The molecule has 2 rings (SSSR count). The van der Waals surface area contributed by atoms with E-state index in [0.717, 1.165) is 25.1 Å². The maximum atomic E-state index is 8.81. The maximum Gasteiger partial charge on any atom is 0.118 e. The van der Waals surface area contributed by atoms with Crippen molar-refractivity contribution in [2.45, 2.75) is 38.1 Å². The molecule has 1 unspecified atom stereocenters. The number of likely N-dealkylation sites (tertiary alicyclic amines) is 1. The molecule has 19 heavy (non-hydrogen) atoms. The maximum absolute atomic E-state index is 8.81. The summed E-state index contributed by atoms with van der Waals surface area (Å²) >= 11 is 0. The van der Waals surface area contributed by atoms with Crippen LogP contribution in [0.2, 0.25) is 0 Å². The van der Waals surface area contributed by atoms with E-state index in [1.807, 2.05) is 0 Å². The lowest BCUT2D eigenvalue weighted by atomic mass is 10.0. The zero-order valence-corrected chi connectivity index (χ0v) is 11.8. The molecule has 0 radical (unpaired) electrons. The van der Waals surface area contributed by atoms with Gasteiger partial charge in [-0.2, -0.15) is 0 Å². The predicted molar refractivity (Wildman–Crippen MR) is 77.5 cm³/mol. The molecule has 1 aromatic carbocycles. The van der Waals surface area contributed by atoms with E-state index in [1.54, 1.807) is 7.11 Å².